The van der Waals surface area contributed by atoms with E-state index < -0.39 is 29.2 Å². The number of hydrogen-bond acceptors (Lipinski definition) is 5. The van der Waals surface area contributed by atoms with Crippen molar-refractivity contribution < 1.29 is 18.3 Å². The highest BCUT2D eigenvalue weighted by molar-refractivity contribution is 5.81. The molecule has 2 N–H and O–H groups in total. The number of aromatic nitrogens is 3. The van der Waals surface area contributed by atoms with Crippen LogP contribution in [-0.2, 0) is 16.1 Å². The van der Waals surface area contributed by atoms with Crippen LogP contribution in [0.4, 0.5) is 8.78 Å². The van der Waals surface area contributed by atoms with Crippen LogP contribution < -0.4 is 5.73 Å². The van der Waals surface area contributed by atoms with Gasteiger partial charge in [0.05, 0.1) is 18.2 Å². The van der Waals surface area contributed by atoms with Crippen molar-refractivity contribution in [1.82, 2.24) is 19.7 Å². The van der Waals surface area contributed by atoms with Crippen molar-refractivity contribution in [3.63, 3.8) is 0 Å². The van der Waals surface area contributed by atoms with Gasteiger partial charge in [0.25, 0.3) is 5.91 Å². The molecule has 0 unspecified atom stereocenters. The minimum Gasteiger partial charge on any atom is -0.368 e. The van der Waals surface area contributed by atoms with Crippen molar-refractivity contribution in [2.45, 2.75) is 58.7 Å². The lowest BCUT2D eigenvalue weighted by Crippen LogP contribution is -2.47. The minimum atomic E-state index is -0.618. The van der Waals surface area contributed by atoms with Crippen molar-refractivity contribution in [1.29, 1.82) is 0 Å². The van der Waals surface area contributed by atoms with Gasteiger partial charge < -0.3 is 15.4 Å². The second-order valence-electron chi connectivity index (χ2n) is 10.5. The molecule has 1 amide bonds. The standard InChI is InChI=1S/C28H35F2N5O2/c1-28(2,3)24(34(15-8-14-31)27(36)23-11-7-16-37-23)26-32-25(21-17-20(29)12-13-22(21)30)33-35(26)18-19-9-5-4-6-10-19/h4-6,9-10,12-13,17,23-24H,7-8,11,14-16,18,31H2,1-3H3/t23-,24-/m0/s1. The molecule has 4 rings (SSSR count). The number of carbonyl (C=O) groups excluding carboxylic acids is 1. The van der Waals surface area contributed by atoms with E-state index in [1.54, 1.807) is 9.58 Å². The zero-order chi connectivity index (χ0) is 26.6. The average molecular weight is 512 g/mol. The molecule has 2 atom stereocenters. The zero-order valence-corrected chi connectivity index (χ0v) is 21.7. The van der Waals surface area contributed by atoms with Gasteiger partial charge in [-0.05, 0) is 55.0 Å². The molecule has 1 saturated heterocycles. The largest absolute Gasteiger partial charge is 0.368 e. The first-order valence-electron chi connectivity index (χ1n) is 12.7. The molecule has 0 radical (unpaired) electrons. The van der Waals surface area contributed by atoms with E-state index in [1.165, 1.54) is 0 Å². The minimum absolute atomic E-state index is 0.0281. The summed E-state index contributed by atoms with van der Waals surface area (Å²) in [5, 5.41) is 4.64. The van der Waals surface area contributed by atoms with E-state index in [2.05, 4.69) is 5.10 Å². The summed E-state index contributed by atoms with van der Waals surface area (Å²) in [6.07, 6.45) is 1.57. The Bertz CT molecular complexity index is 1200. The molecule has 1 fully saturated rings. The Balaban J connectivity index is 1.86. The number of ether oxygens (including phenoxy) is 1. The van der Waals surface area contributed by atoms with Crippen LogP contribution in [0.25, 0.3) is 11.4 Å². The Labute approximate surface area is 216 Å². The van der Waals surface area contributed by atoms with Gasteiger partial charge in [-0.2, -0.15) is 5.10 Å². The summed E-state index contributed by atoms with van der Waals surface area (Å²) in [5.74, 6) is -0.743. The van der Waals surface area contributed by atoms with E-state index in [0.717, 1.165) is 30.2 Å². The lowest BCUT2D eigenvalue weighted by molar-refractivity contribution is -0.146. The van der Waals surface area contributed by atoms with E-state index in [-0.39, 0.29) is 17.3 Å². The lowest BCUT2D eigenvalue weighted by Gasteiger charge is -2.40. The van der Waals surface area contributed by atoms with Crippen LogP contribution in [0.3, 0.4) is 0 Å². The number of carbonyl (C=O) groups is 1. The Kier molecular flexibility index (Phi) is 8.34. The molecule has 2 aromatic carbocycles. The van der Waals surface area contributed by atoms with Gasteiger partial charge in [0.1, 0.15) is 17.7 Å². The van der Waals surface area contributed by atoms with E-state index in [4.69, 9.17) is 15.5 Å². The first kappa shape index (κ1) is 26.9. The first-order valence-corrected chi connectivity index (χ1v) is 12.7. The fourth-order valence-corrected chi connectivity index (χ4v) is 4.79. The van der Waals surface area contributed by atoms with Gasteiger partial charge in [0.2, 0.25) is 0 Å². The fourth-order valence-electron chi connectivity index (χ4n) is 4.79. The van der Waals surface area contributed by atoms with E-state index in [9.17, 15) is 13.6 Å². The number of hydrogen-bond donors (Lipinski definition) is 1. The van der Waals surface area contributed by atoms with Gasteiger partial charge in [-0.25, -0.2) is 18.4 Å². The van der Waals surface area contributed by atoms with Crippen molar-refractivity contribution >= 4 is 5.91 Å². The summed E-state index contributed by atoms with van der Waals surface area (Å²) in [6, 6.07) is 12.4. The van der Waals surface area contributed by atoms with Gasteiger partial charge in [-0.1, -0.05) is 51.1 Å². The molecule has 7 nitrogen and oxygen atoms in total. The first-order chi connectivity index (χ1) is 17.7. The highest BCUT2D eigenvalue weighted by Gasteiger charge is 2.41. The molecule has 1 aromatic heterocycles. The normalized spacial score (nSPS) is 16.6. The topological polar surface area (TPSA) is 86.3 Å². The van der Waals surface area contributed by atoms with Crippen molar-refractivity contribution in [3.05, 3.63) is 71.6 Å². The second-order valence-corrected chi connectivity index (χ2v) is 10.5. The Morgan fingerprint density at radius 3 is 2.62 bits per heavy atom. The summed E-state index contributed by atoms with van der Waals surface area (Å²) in [7, 11) is 0. The zero-order valence-electron chi connectivity index (χ0n) is 21.7. The van der Waals surface area contributed by atoms with Crippen LogP contribution in [0.15, 0.2) is 48.5 Å². The van der Waals surface area contributed by atoms with Gasteiger partial charge in [-0.15, -0.1) is 0 Å². The number of rotatable bonds is 9. The third-order valence-electron chi connectivity index (χ3n) is 6.51. The maximum atomic E-state index is 14.8. The average Bonchev–Trinajstić information content (AvgIpc) is 3.53. The van der Waals surface area contributed by atoms with Gasteiger partial charge >= 0.3 is 0 Å². The predicted molar refractivity (Wildman–Crippen MR) is 137 cm³/mol. The molecule has 37 heavy (non-hydrogen) atoms. The van der Waals surface area contributed by atoms with Gasteiger partial charge in [-0.3, -0.25) is 4.79 Å². The van der Waals surface area contributed by atoms with Crippen LogP contribution >= 0.6 is 0 Å². The molecule has 1 aliphatic heterocycles. The Hall–Kier alpha value is -3.17. The predicted octanol–water partition coefficient (Wildman–Crippen LogP) is 4.72. The molecule has 0 saturated carbocycles. The van der Waals surface area contributed by atoms with Crippen LogP contribution in [0.5, 0.6) is 0 Å². The summed E-state index contributed by atoms with van der Waals surface area (Å²) in [6.45, 7) is 7.82. The molecule has 198 valence electrons. The third-order valence-corrected chi connectivity index (χ3v) is 6.51. The maximum absolute atomic E-state index is 14.8. The molecule has 0 aliphatic carbocycles. The molecule has 0 spiro atoms. The molecule has 2 heterocycles. The number of halogens is 2. The molecular formula is C28H35F2N5O2. The lowest BCUT2D eigenvalue weighted by atomic mass is 9.84. The Morgan fingerprint density at radius 1 is 1.22 bits per heavy atom. The highest BCUT2D eigenvalue weighted by atomic mass is 19.1. The number of benzene rings is 2. The van der Waals surface area contributed by atoms with Gasteiger partial charge in [0.15, 0.2) is 11.6 Å². The monoisotopic (exact) mass is 511 g/mol. The quantitative estimate of drug-likeness (QED) is 0.450. The summed E-state index contributed by atoms with van der Waals surface area (Å²) < 4.78 is 36.3. The molecular weight excluding hydrogens is 476 g/mol. The van der Waals surface area contributed by atoms with E-state index >= 15 is 0 Å². The molecule has 1 aliphatic rings. The Morgan fingerprint density at radius 2 is 1.97 bits per heavy atom. The van der Waals surface area contributed by atoms with Crippen molar-refractivity contribution in [3.8, 4) is 11.4 Å². The van der Waals surface area contributed by atoms with Crippen molar-refractivity contribution in [2.24, 2.45) is 11.1 Å². The molecule has 0 bridgehead atoms. The third kappa shape index (κ3) is 6.22. The van der Waals surface area contributed by atoms with Crippen LogP contribution in [-0.4, -0.2) is 51.4 Å². The van der Waals surface area contributed by atoms with Crippen LogP contribution in [0, 0.1) is 17.0 Å². The number of nitrogens with two attached hydrogens (primary N) is 1. The smallest absolute Gasteiger partial charge is 0.252 e. The SMILES string of the molecule is CC(C)(C)[C@H](c1nc(-c2cc(F)ccc2F)nn1Cc1ccccc1)N(CCCN)C(=O)[C@@H]1CCCO1. The molecule has 9 heteroatoms. The summed E-state index contributed by atoms with van der Waals surface area (Å²) >= 11 is 0. The number of amides is 1. The molecule has 3 aromatic rings. The van der Waals surface area contributed by atoms with Gasteiger partial charge in [0, 0.05) is 13.2 Å². The second kappa shape index (κ2) is 11.5. The maximum Gasteiger partial charge on any atom is 0.252 e. The number of nitrogens with zero attached hydrogens (tertiary/aromatic N) is 4. The summed E-state index contributed by atoms with van der Waals surface area (Å²) in [5.41, 5.74) is 6.31. The van der Waals surface area contributed by atoms with Crippen LogP contribution in [0.1, 0.15) is 57.5 Å². The van der Waals surface area contributed by atoms with E-state index in [1.807, 2.05) is 51.1 Å². The van der Waals surface area contributed by atoms with Crippen LogP contribution in [0.2, 0.25) is 0 Å². The highest BCUT2D eigenvalue weighted by Crippen LogP contribution is 2.39. The van der Waals surface area contributed by atoms with Crippen molar-refractivity contribution in [2.75, 3.05) is 19.7 Å². The fraction of sp³-hybridized carbons (Fsp3) is 0.464. The summed E-state index contributed by atoms with van der Waals surface area (Å²) in [4.78, 5) is 20.3. The van der Waals surface area contributed by atoms with E-state index in [0.29, 0.717) is 44.9 Å².